The smallest absolute Gasteiger partial charge is 0.253 e. The molecule has 1 heterocycles. The van der Waals surface area contributed by atoms with E-state index in [0.717, 1.165) is 11.4 Å². The van der Waals surface area contributed by atoms with Gasteiger partial charge in [-0.15, -0.1) is 0 Å². The molecule has 2 rings (SSSR count). The van der Waals surface area contributed by atoms with Gasteiger partial charge in [-0.25, -0.2) is 0 Å². The molecule has 0 bridgehead atoms. The minimum absolute atomic E-state index is 0.000428. The lowest BCUT2D eigenvalue weighted by Crippen LogP contribution is -2.41. The van der Waals surface area contributed by atoms with E-state index in [2.05, 4.69) is 5.32 Å². The van der Waals surface area contributed by atoms with E-state index >= 15 is 0 Å². The van der Waals surface area contributed by atoms with Crippen LogP contribution in [0.4, 0.5) is 11.4 Å². The third-order valence-electron chi connectivity index (χ3n) is 3.29. The first-order chi connectivity index (χ1) is 9.74. The van der Waals surface area contributed by atoms with Gasteiger partial charge in [-0.1, -0.05) is 0 Å². The molecule has 0 saturated carbocycles. The van der Waals surface area contributed by atoms with E-state index < -0.39 is 0 Å². The molecule has 20 heavy (non-hydrogen) atoms. The molecule has 1 aromatic rings. The fourth-order valence-electron chi connectivity index (χ4n) is 2.04. The third-order valence-corrected chi connectivity index (χ3v) is 3.29. The first kappa shape index (κ1) is 14.8. The van der Waals surface area contributed by atoms with Crippen LogP contribution in [0.2, 0.25) is 0 Å². The Hall–Kier alpha value is -1.63. The molecule has 1 aromatic carbocycles. The SMILES string of the molecule is CO[C@@H](CN)CNc1ccc(N2CCOCC2=O)cc1. The lowest BCUT2D eigenvalue weighted by molar-refractivity contribution is -0.125. The molecular weight excluding hydrogens is 258 g/mol. The number of anilines is 2. The van der Waals surface area contributed by atoms with Crippen molar-refractivity contribution >= 4 is 17.3 Å². The fourth-order valence-corrected chi connectivity index (χ4v) is 2.04. The zero-order chi connectivity index (χ0) is 14.4. The number of morpholine rings is 1. The third kappa shape index (κ3) is 3.69. The Balaban J connectivity index is 1.94. The minimum atomic E-state index is -0.00417. The Morgan fingerprint density at radius 2 is 2.20 bits per heavy atom. The van der Waals surface area contributed by atoms with E-state index in [1.807, 2.05) is 24.3 Å². The van der Waals surface area contributed by atoms with Crippen molar-refractivity contribution in [2.24, 2.45) is 5.73 Å². The average molecular weight is 279 g/mol. The number of ether oxygens (including phenoxy) is 2. The molecule has 3 N–H and O–H groups in total. The topological polar surface area (TPSA) is 76.8 Å². The van der Waals surface area contributed by atoms with Crippen LogP contribution < -0.4 is 16.0 Å². The highest BCUT2D eigenvalue weighted by Gasteiger charge is 2.19. The van der Waals surface area contributed by atoms with Crippen molar-refractivity contribution in [2.75, 3.05) is 50.2 Å². The van der Waals surface area contributed by atoms with Crippen molar-refractivity contribution in [1.82, 2.24) is 0 Å². The van der Waals surface area contributed by atoms with Gasteiger partial charge in [0.25, 0.3) is 5.91 Å². The van der Waals surface area contributed by atoms with Crippen LogP contribution in [0.1, 0.15) is 0 Å². The number of hydrogen-bond acceptors (Lipinski definition) is 5. The van der Waals surface area contributed by atoms with Crippen molar-refractivity contribution in [2.45, 2.75) is 6.10 Å². The van der Waals surface area contributed by atoms with E-state index in [1.54, 1.807) is 12.0 Å². The summed E-state index contributed by atoms with van der Waals surface area (Å²) in [5, 5.41) is 3.25. The number of nitrogens with two attached hydrogens (primary N) is 1. The van der Waals surface area contributed by atoms with Crippen molar-refractivity contribution in [3.8, 4) is 0 Å². The molecule has 1 amide bonds. The summed E-state index contributed by atoms with van der Waals surface area (Å²) in [6, 6.07) is 7.74. The van der Waals surface area contributed by atoms with Gasteiger partial charge in [0.15, 0.2) is 0 Å². The first-order valence-corrected chi connectivity index (χ1v) is 6.69. The second-order valence-corrected chi connectivity index (χ2v) is 4.62. The number of nitrogens with one attached hydrogen (secondary N) is 1. The van der Waals surface area contributed by atoms with Crippen LogP contribution in [-0.2, 0) is 14.3 Å². The lowest BCUT2D eigenvalue weighted by Gasteiger charge is -2.27. The minimum Gasteiger partial charge on any atom is -0.382 e. The van der Waals surface area contributed by atoms with Gasteiger partial charge in [0.1, 0.15) is 6.61 Å². The van der Waals surface area contributed by atoms with Crippen LogP contribution in [0, 0.1) is 0 Å². The van der Waals surface area contributed by atoms with Crippen molar-refractivity contribution in [3.05, 3.63) is 24.3 Å². The molecule has 1 fully saturated rings. The highest BCUT2D eigenvalue weighted by Crippen LogP contribution is 2.19. The maximum Gasteiger partial charge on any atom is 0.253 e. The van der Waals surface area contributed by atoms with E-state index in [4.69, 9.17) is 15.2 Å². The molecule has 1 aliphatic rings. The van der Waals surface area contributed by atoms with Crippen LogP contribution in [0.15, 0.2) is 24.3 Å². The van der Waals surface area contributed by atoms with Crippen LogP contribution >= 0.6 is 0 Å². The second kappa shape index (κ2) is 7.23. The predicted molar refractivity (Wildman–Crippen MR) is 78.0 cm³/mol. The molecule has 0 spiro atoms. The van der Waals surface area contributed by atoms with Crippen LogP contribution in [-0.4, -0.2) is 52.0 Å². The summed E-state index contributed by atoms with van der Waals surface area (Å²) < 4.78 is 10.3. The lowest BCUT2D eigenvalue weighted by atomic mass is 10.2. The Kier molecular flexibility index (Phi) is 5.34. The molecule has 1 saturated heterocycles. The molecule has 1 atom stereocenters. The van der Waals surface area contributed by atoms with Crippen molar-refractivity contribution < 1.29 is 14.3 Å². The van der Waals surface area contributed by atoms with Gasteiger partial charge in [0, 0.05) is 38.1 Å². The van der Waals surface area contributed by atoms with E-state index in [9.17, 15) is 4.79 Å². The number of rotatable bonds is 6. The van der Waals surface area contributed by atoms with E-state index in [0.29, 0.717) is 26.2 Å². The van der Waals surface area contributed by atoms with Crippen molar-refractivity contribution in [1.29, 1.82) is 0 Å². The fraction of sp³-hybridized carbons (Fsp3) is 0.500. The number of hydrogen-bond donors (Lipinski definition) is 2. The van der Waals surface area contributed by atoms with Gasteiger partial charge in [0.2, 0.25) is 0 Å². The molecule has 110 valence electrons. The molecule has 6 nitrogen and oxygen atoms in total. The standard InChI is InChI=1S/C14H21N3O3/c1-19-13(8-15)9-16-11-2-4-12(5-3-11)17-6-7-20-10-14(17)18/h2-5,13,16H,6-10,15H2,1H3/t13-/m0/s1. The van der Waals surface area contributed by atoms with Gasteiger partial charge in [0.05, 0.1) is 12.7 Å². The molecule has 6 heteroatoms. The zero-order valence-electron chi connectivity index (χ0n) is 11.7. The Morgan fingerprint density at radius 1 is 1.45 bits per heavy atom. The summed E-state index contributed by atoms with van der Waals surface area (Å²) in [4.78, 5) is 13.5. The molecule has 0 radical (unpaired) electrons. The molecule has 0 aromatic heterocycles. The van der Waals surface area contributed by atoms with Gasteiger partial charge in [-0.2, -0.15) is 0 Å². The van der Waals surface area contributed by atoms with E-state index in [-0.39, 0.29) is 18.6 Å². The number of amides is 1. The van der Waals surface area contributed by atoms with Crippen LogP contribution in [0.3, 0.4) is 0 Å². The number of carbonyl (C=O) groups excluding carboxylic acids is 1. The monoisotopic (exact) mass is 279 g/mol. The quantitative estimate of drug-likeness (QED) is 0.790. The number of methoxy groups -OCH3 is 1. The zero-order valence-corrected chi connectivity index (χ0v) is 11.7. The molecule has 0 aliphatic carbocycles. The van der Waals surface area contributed by atoms with Crippen LogP contribution in [0.25, 0.3) is 0 Å². The van der Waals surface area contributed by atoms with E-state index in [1.165, 1.54) is 0 Å². The number of benzene rings is 1. The summed E-state index contributed by atoms with van der Waals surface area (Å²) in [6.07, 6.45) is -0.00417. The Morgan fingerprint density at radius 3 is 2.80 bits per heavy atom. The Labute approximate surface area is 118 Å². The Bertz CT molecular complexity index is 432. The van der Waals surface area contributed by atoms with Gasteiger partial charge in [-0.3, -0.25) is 4.79 Å². The summed E-state index contributed by atoms with van der Waals surface area (Å²) in [5.41, 5.74) is 7.43. The van der Waals surface area contributed by atoms with Crippen LogP contribution in [0.5, 0.6) is 0 Å². The number of carbonyl (C=O) groups is 1. The second-order valence-electron chi connectivity index (χ2n) is 4.62. The summed E-state index contributed by atoms with van der Waals surface area (Å²) in [7, 11) is 1.65. The highest BCUT2D eigenvalue weighted by molar-refractivity contribution is 5.94. The molecular formula is C14H21N3O3. The first-order valence-electron chi connectivity index (χ1n) is 6.69. The highest BCUT2D eigenvalue weighted by atomic mass is 16.5. The molecule has 0 unspecified atom stereocenters. The largest absolute Gasteiger partial charge is 0.382 e. The average Bonchev–Trinajstić information content (AvgIpc) is 2.49. The summed E-state index contributed by atoms with van der Waals surface area (Å²) >= 11 is 0. The summed E-state index contributed by atoms with van der Waals surface area (Å²) in [6.45, 7) is 2.47. The van der Waals surface area contributed by atoms with Gasteiger partial charge in [-0.05, 0) is 24.3 Å². The van der Waals surface area contributed by atoms with Gasteiger partial charge < -0.3 is 25.4 Å². The normalized spacial score (nSPS) is 17.1. The summed E-state index contributed by atoms with van der Waals surface area (Å²) in [5.74, 6) is -0.000428. The predicted octanol–water partition coefficient (Wildman–Crippen LogP) is 0.435. The molecule has 1 aliphatic heterocycles. The maximum atomic E-state index is 11.7. The van der Waals surface area contributed by atoms with Gasteiger partial charge >= 0.3 is 0 Å². The number of nitrogens with zero attached hydrogens (tertiary/aromatic N) is 1. The maximum absolute atomic E-state index is 11.7. The van der Waals surface area contributed by atoms with Crippen molar-refractivity contribution in [3.63, 3.8) is 0 Å².